The van der Waals surface area contributed by atoms with Crippen molar-refractivity contribution in [2.45, 2.75) is 6.42 Å². The second kappa shape index (κ2) is 5.14. The van der Waals surface area contributed by atoms with Crippen molar-refractivity contribution in [1.82, 2.24) is 4.90 Å². The lowest BCUT2D eigenvalue weighted by Gasteiger charge is -2.19. The van der Waals surface area contributed by atoms with Gasteiger partial charge in [0.15, 0.2) is 0 Å². The van der Waals surface area contributed by atoms with E-state index in [0.717, 1.165) is 6.42 Å². The molecule has 0 spiro atoms. The van der Waals surface area contributed by atoms with Gasteiger partial charge in [0, 0.05) is 25.3 Å². The summed E-state index contributed by atoms with van der Waals surface area (Å²) in [6, 6.07) is 4.06. The van der Waals surface area contributed by atoms with Crippen LogP contribution in [0, 0.1) is 5.82 Å². The Kier molecular flexibility index (Phi) is 3.58. The summed E-state index contributed by atoms with van der Waals surface area (Å²) in [5.41, 5.74) is 5.87. The van der Waals surface area contributed by atoms with Gasteiger partial charge in [-0.1, -0.05) is 0 Å². The smallest absolute Gasteiger partial charge is 0.254 e. The summed E-state index contributed by atoms with van der Waals surface area (Å²) in [6.07, 6.45) is 0.822. The highest BCUT2D eigenvalue weighted by molar-refractivity contribution is 5.95. The van der Waals surface area contributed by atoms with Gasteiger partial charge in [-0.15, -0.1) is 0 Å². The number of halogens is 1. The first-order valence-electron chi connectivity index (χ1n) is 5.60. The fraction of sp³-hybridized carbons (Fsp3) is 0.417. The van der Waals surface area contributed by atoms with E-state index in [1.165, 1.54) is 18.2 Å². The molecule has 1 saturated heterocycles. The molecule has 1 fully saturated rings. The average Bonchev–Trinajstić information content (AvgIpc) is 2.60. The Morgan fingerprint density at radius 3 is 2.94 bits per heavy atom. The van der Waals surface area contributed by atoms with Crippen molar-refractivity contribution in [2.24, 2.45) is 0 Å². The number of carbonyl (C=O) groups excluding carboxylic acids is 1. The first kappa shape index (κ1) is 11.9. The standard InChI is InChI=1S/C12H15FN2O2/c13-10-3-2-9(8-11(10)14)12(16)15-4-1-6-17-7-5-15/h2-3,8H,1,4-7,14H2. The Hall–Kier alpha value is -1.62. The van der Waals surface area contributed by atoms with E-state index in [0.29, 0.717) is 31.9 Å². The number of ether oxygens (including phenoxy) is 1. The maximum atomic E-state index is 13.0. The predicted molar refractivity (Wildman–Crippen MR) is 62.2 cm³/mol. The maximum absolute atomic E-state index is 13.0. The molecular formula is C12H15FN2O2. The molecule has 1 heterocycles. The van der Waals surface area contributed by atoms with Crippen LogP contribution in [-0.4, -0.2) is 37.1 Å². The van der Waals surface area contributed by atoms with E-state index < -0.39 is 5.82 Å². The lowest BCUT2D eigenvalue weighted by Crippen LogP contribution is -2.33. The number of nitrogens with zero attached hydrogens (tertiary/aromatic N) is 1. The summed E-state index contributed by atoms with van der Waals surface area (Å²) in [6.45, 7) is 2.45. The first-order chi connectivity index (χ1) is 8.18. The molecule has 92 valence electrons. The Morgan fingerprint density at radius 1 is 1.35 bits per heavy atom. The molecular weight excluding hydrogens is 223 g/mol. The van der Waals surface area contributed by atoms with E-state index in [2.05, 4.69) is 0 Å². The van der Waals surface area contributed by atoms with Crippen LogP contribution in [0.4, 0.5) is 10.1 Å². The molecule has 2 N–H and O–H groups in total. The summed E-state index contributed by atoms with van der Waals surface area (Å²) in [4.78, 5) is 13.8. The van der Waals surface area contributed by atoms with Gasteiger partial charge in [-0.2, -0.15) is 0 Å². The molecule has 0 bridgehead atoms. The maximum Gasteiger partial charge on any atom is 0.254 e. The van der Waals surface area contributed by atoms with Crippen LogP contribution in [-0.2, 0) is 4.74 Å². The van der Waals surface area contributed by atoms with Gasteiger partial charge in [-0.25, -0.2) is 4.39 Å². The molecule has 2 rings (SSSR count). The van der Waals surface area contributed by atoms with Crippen LogP contribution >= 0.6 is 0 Å². The Balaban J connectivity index is 2.14. The van der Waals surface area contributed by atoms with Crippen molar-refractivity contribution in [1.29, 1.82) is 0 Å². The van der Waals surface area contributed by atoms with Gasteiger partial charge in [-0.05, 0) is 24.6 Å². The predicted octanol–water partition coefficient (Wildman–Crippen LogP) is 1.27. The minimum atomic E-state index is -0.499. The van der Waals surface area contributed by atoms with Gasteiger partial charge in [-0.3, -0.25) is 4.79 Å². The molecule has 0 unspecified atom stereocenters. The molecule has 1 aromatic rings. The van der Waals surface area contributed by atoms with Gasteiger partial charge in [0.2, 0.25) is 0 Å². The van der Waals surface area contributed by atoms with E-state index in [4.69, 9.17) is 10.5 Å². The Bertz CT molecular complexity index is 415. The number of anilines is 1. The number of amides is 1. The van der Waals surface area contributed by atoms with Crippen molar-refractivity contribution < 1.29 is 13.9 Å². The normalized spacial score (nSPS) is 16.6. The minimum Gasteiger partial charge on any atom is -0.396 e. The number of nitrogen functional groups attached to an aromatic ring is 1. The van der Waals surface area contributed by atoms with Crippen LogP contribution in [0.25, 0.3) is 0 Å². The molecule has 0 atom stereocenters. The molecule has 0 aromatic heterocycles. The monoisotopic (exact) mass is 238 g/mol. The van der Waals surface area contributed by atoms with Crippen molar-refractivity contribution in [3.05, 3.63) is 29.6 Å². The summed E-state index contributed by atoms with van der Waals surface area (Å²) >= 11 is 0. The molecule has 0 radical (unpaired) electrons. The molecule has 0 aliphatic carbocycles. The Labute approximate surface area is 99.2 Å². The minimum absolute atomic E-state index is 0.00178. The highest BCUT2D eigenvalue weighted by Gasteiger charge is 2.18. The van der Waals surface area contributed by atoms with E-state index in [9.17, 15) is 9.18 Å². The summed E-state index contributed by atoms with van der Waals surface area (Å²) in [5.74, 6) is -0.622. The van der Waals surface area contributed by atoms with Gasteiger partial charge in [0.05, 0.1) is 12.3 Å². The molecule has 1 aromatic carbocycles. The average molecular weight is 238 g/mol. The third-order valence-electron chi connectivity index (χ3n) is 2.75. The van der Waals surface area contributed by atoms with E-state index in [1.807, 2.05) is 0 Å². The number of hydrogen-bond donors (Lipinski definition) is 1. The zero-order chi connectivity index (χ0) is 12.3. The zero-order valence-electron chi connectivity index (χ0n) is 9.49. The number of hydrogen-bond acceptors (Lipinski definition) is 3. The van der Waals surface area contributed by atoms with Crippen LogP contribution in [0.5, 0.6) is 0 Å². The molecule has 1 aliphatic rings. The number of benzene rings is 1. The first-order valence-corrected chi connectivity index (χ1v) is 5.60. The van der Waals surface area contributed by atoms with E-state index in [-0.39, 0.29) is 11.6 Å². The lowest BCUT2D eigenvalue weighted by molar-refractivity contribution is 0.0741. The van der Waals surface area contributed by atoms with Gasteiger partial charge >= 0.3 is 0 Å². The quantitative estimate of drug-likeness (QED) is 0.750. The number of carbonyl (C=O) groups is 1. The van der Waals surface area contributed by atoms with Gasteiger partial charge in [0.1, 0.15) is 5.82 Å². The zero-order valence-corrected chi connectivity index (χ0v) is 9.49. The molecule has 4 nitrogen and oxygen atoms in total. The number of rotatable bonds is 1. The number of nitrogens with two attached hydrogens (primary N) is 1. The van der Waals surface area contributed by atoms with Crippen LogP contribution in [0.1, 0.15) is 16.8 Å². The van der Waals surface area contributed by atoms with Crippen molar-refractivity contribution in [2.75, 3.05) is 32.0 Å². The molecule has 0 saturated carbocycles. The van der Waals surface area contributed by atoms with Gasteiger partial charge < -0.3 is 15.4 Å². The van der Waals surface area contributed by atoms with Gasteiger partial charge in [0.25, 0.3) is 5.91 Å². The summed E-state index contributed by atoms with van der Waals surface area (Å²) < 4.78 is 18.3. The largest absolute Gasteiger partial charge is 0.396 e. The van der Waals surface area contributed by atoms with E-state index >= 15 is 0 Å². The second-order valence-electron chi connectivity index (χ2n) is 3.99. The van der Waals surface area contributed by atoms with Crippen molar-refractivity contribution in [3.63, 3.8) is 0 Å². The fourth-order valence-electron chi connectivity index (χ4n) is 1.81. The summed E-state index contributed by atoms with van der Waals surface area (Å²) in [5, 5.41) is 0. The fourth-order valence-corrected chi connectivity index (χ4v) is 1.81. The third kappa shape index (κ3) is 2.74. The topological polar surface area (TPSA) is 55.6 Å². The second-order valence-corrected chi connectivity index (χ2v) is 3.99. The Morgan fingerprint density at radius 2 is 2.18 bits per heavy atom. The van der Waals surface area contributed by atoms with Crippen molar-refractivity contribution in [3.8, 4) is 0 Å². The molecule has 5 heteroatoms. The molecule has 1 aliphatic heterocycles. The molecule has 1 amide bonds. The molecule has 17 heavy (non-hydrogen) atoms. The van der Waals surface area contributed by atoms with Crippen LogP contribution in [0.3, 0.4) is 0 Å². The van der Waals surface area contributed by atoms with Crippen molar-refractivity contribution >= 4 is 11.6 Å². The highest BCUT2D eigenvalue weighted by atomic mass is 19.1. The van der Waals surface area contributed by atoms with Crippen LogP contribution in [0.2, 0.25) is 0 Å². The SMILES string of the molecule is Nc1cc(C(=O)N2CCCOCC2)ccc1F. The van der Waals surface area contributed by atoms with Crippen LogP contribution in [0.15, 0.2) is 18.2 Å². The lowest BCUT2D eigenvalue weighted by atomic mass is 10.1. The van der Waals surface area contributed by atoms with E-state index in [1.54, 1.807) is 4.90 Å². The third-order valence-corrected chi connectivity index (χ3v) is 2.75. The highest BCUT2D eigenvalue weighted by Crippen LogP contribution is 2.14. The summed E-state index contributed by atoms with van der Waals surface area (Å²) in [7, 11) is 0. The van der Waals surface area contributed by atoms with Crippen LogP contribution < -0.4 is 5.73 Å².